The molecule has 82 valence electrons. The van der Waals surface area contributed by atoms with Crippen molar-refractivity contribution in [3.05, 3.63) is 0 Å². The van der Waals surface area contributed by atoms with E-state index in [0.29, 0.717) is 6.42 Å². The summed E-state index contributed by atoms with van der Waals surface area (Å²) in [7, 11) is 1.68. The Morgan fingerprint density at radius 2 is 2.21 bits per heavy atom. The zero-order chi connectivity index (χ0) is 10.2. The molecule has 0 aromatic rings. The molecule has 2 fully saturated rings. The number of rotatable bonds is 2. The van der Waals surface area contributed by atoms with Gasteiger partial charge in [-0.1, -0.05) is 22.4 Å². The molecule has 1 saturated heterocycles. The van der Waals surface area contributed by atoms with Crippen LogP contribution in [-0.4, -0.2) is 35.0 Å². The van der Waals surface area contributed by atoms with Crippen LogP contribution in [0.1, 0.15) is 32.1 Å². The highest BCUT2D eigenvalue weighted by Gasteiger charge is 2.60. The molecule has 3 atom stereocenters. The molecule has 0 radical (unpaired) electrons. The minimum Gasteiger partial charge on any atom is -0.373 e. The minimum atomic E-state index is -1.04. The van der Waals surface area contributed by atoms with Crippen LogP contribution in [0, 0.1) is 0 Å². The Hall–Kier alpha value is 0.360. The van der Waals surface area contributed by atoms with E-state index in [1.54, 1.807) is 7.11 Å². The summed E-state index contributed by atoms with van der Waals surface area (Å²) in [6.07, 6.45) is 4.63. The van der Waals surface area contributed by atoms with E-state index >= 15 is 0 Å². The zero-order valence-corrected chi connectivity index (χ0v) is 10.0. The van der Waals surface area contributed by atoms with Crippen LogP contribution in [0.25, 0.3) is 0 Å². The molecule has 3 nitrogen and oxygen atoms in total. The lowest BCUT2D eigenvalue weighted by atomic mass is 9.78. The van der Waals surface area contributed by atoms with Crippen LogP contribution in [0.15, 0.2) is 0 Å². The molecule has 4 heteroatoms. The lowest BCUT2D eigenvalue weighted by Crippen LogP contribution is -2.54. The zero-order valence-electron chi connectivity index (χ0n) is 8.46. The summed E-state index contributed by atoms with van der Waals surface area (Å²) in [5, 5.41) is 11.2. The minimum absolute atomic E-state index is 0.0815. The van der Waals surface area contributed by atoms with Gasteiger partial charge in [0.1, 0.15) is 5.60 Å². The number of alkyl halides is 1. The maximum absolute atomic E-state index is 10.4. The molecule has 0 aromatic heterocycles. The van der Waals surface area contributed by atoms with Crippen LogP contribution in [0.5, 0.6) is 0 Å². The topological polar surface area (TPSA) is 38.7 Å². The van der Waals surface area contributed by atoms with E-state index in [1.807, 2.05) is 0 Å². The van der Waals surface area contributed by atoms with Gasteiger partial charge in [0.2, 0.25) is 0 Å². The Balaban J connectivity index is 2.23. The SMILES string of the molecule is CO[C@@]12CCCC[C@]1(O)O[C@@H](CBr)C2. The predicted molar refractivity (Wildman–Crippen MR) is 56.4 cm³/mol. The average Bonchev–Trinajstić information content (AvgIpc) is 2.51. The average molecular weight is 265 g/mol. The maximum atomic E-state index is 10.4. The van der Waals surface area contributed by atoms with Crippen LogP contribution < -0.4 is 0 Å². The van der Waals surface area contributed by atoms with Gasteiger partial charge in [-0.05, 0) is 12.8 Å². The van der Waals surface area contributed by atoms with Crippen LogP contribution in [0.2, 0.25) is 0 Å². The molecule has 1 aliphatic heterocycles. The van der Waals surface area contributed by atoms with Gasteiger partial charge >= 0.3 is 0 Å². The number of ether oxygens (including phenoxy) is 2. The molecule has 0 spiro atoms. The molecular formula is C10H17BrO3. The van der Waals surface area contributed by atoms with E-state index in [1.165, 1.54) is 0 Å². The highest BCUT2D eigenvalue weighted by Crippen LogP contribution is 2.49. The van der Waals surface area contributed by atoms with Gasteiger partial charge < -0.3 is 14.6 Å². The van der Waals surface area contributed by atoms with Crippen LogP contribution in [-0.2, 0) is 9.47 Å². The molecular weight excluding hydrogens is 248 g/mol. The lowest BCUT2D eigenvalue weighted by Gasteiger charge is -2.42. The fourth-order valence-electron chi connectivity index (χ4n) is 2.74. The van der Waals surface area contributed by atoms with E-state index in [-0.39, 0.29) is 6.10 Å². The van der Waals surface area contributed by atoms with E-state index in [2.05, 4.69) is 15.9 Å². The van der Waals surface area contributed by atoms with Crippen molar-refractivity contribution in [1.29, 1.82) is 0 Å². The molecule has 1 N–H and O–H groups in total. The summed E-state index contributed by atoms with van der Waals surface area (Å²) in [6.45, 7) is 0. The van der Waals surface area contributed by atoms with E-state index in [9.17, 15) is 5.11 Å². The van der Waals surface area contributed by atoms with Gasteiger partial charge in [-0.15, -0.1) is 0 Å². The molecule has 0 amide bonds. The highest BCUT2D eigenvalue weighted by molar-refractivity contribution is 9.09. The number of aliphatic hydroxyl groups is 1. The summed E-state index contributed by atoms with van der Waals surface area (Å²) < 4.78 is 11.2. The largest absolute Gasteiger partial charge is 0.373 e. The second kappa shape index (κ2) is 3.74. The summed E-state index contributed by atoms with van der Waals surface area (Å²) in [4.78, 5) is 0. The quantitative estimate of drug-likeness (QED) is 0.774. The fraction of sp³-hybridized carbons (Fsp3) is 1.00. The first-order valence-corrected chi connectivity index (χ1v) is 6.29. The molecule has 0 aromatic carbocycles. The summed E-state index contributed by atoms with van der Waals surface area (Å²) in [5.74, 6) is -1.04. The van der Waals surface area contributed by atoms with Crippen molar-refractivity contribution in [2.45, 2.75) is 49.6 Å². The van der Waals surface area contributed by atoms with Crippen LogP contribution in [0.3, 0.4) is 0 Å². The Kier molecular flexibility index (Phi) is 2.90. The third kappa shape index (κ3) is 1.43. The van der Waals surface area contributed by atoms with Crippen molar-refractivity contribution in [3.63, 3.8) is 0 Å². The van der Waals surface area contributed by atoms with Gasteiger partial charge in [0.15, 0.2) is 5.79 Å². The Morgan fingerprint density at radius 1 is 1.50 bits per heavy atom. The smallest absolute Gasteiger partial charge is 0.195 e. The predicted octanol–water partition coefficient (Wildman–Crippen LogP) is 1.82. The number of fused-ring (bicyclic) bond motifs is 1. The first-order valence-electron chi connectivity index (χ1n) is 5.17. The molecule has 14 heavy (non-hydrogen) atoms. The molecule has 1 aliphatic carbocycles. The van der Waals surface area contributed by atoms with Crippen molar-refractivity contribution in [2.24, 2.45) is 0 Å². The molecule has 2 aliphatic rings. The number of hydrogen-bond donors (Lipinski definition) is 1. The van der Waals surface area contributed by atoms with Crippen LogP contribution >= 0.6 is 15.9 Å². The third-order valence-corrected chi connectivity index (χ3v) is 4.26. The van der Waals surface area contributed by atoms with Gasteiger partial charge in [-0.25, -0.2) is 0 Å². The molecule has 1 saturated carbocycles. The summed E-state index contributed by atoms with van der Waals surface area (Å²) >= 11 is 3.40. The second-order valence-electron chi connectivity index (χ2n) is 4.29. The molecule has 1 heterocycles. The molecule has 0 unspecified atom stereocenters. The van der Waals surface area contributed by atoms with Gasteiger partial charge in [0.05, 0.1) is 6.10 Å². The summed E-state index contributed by atoms with van der Waals surface area (Å²) in [5.41, 5.74) is -0.455. The maximum Gasteiger partial charge on any atom is 0.195 e. The van der Waals surface area contributed by atoms with Gasteiger partial charge in [0.25, 0.3) is 0 Å². The lowest BCUT2D eigenvalue weighted by molar-refractivity contribution is -0.283. The standard InChI is InChI=1S/C10H17BrO3/c1-13-9-4-2-3-5-10(9,12)14-8(6-9)7-11/h8,12H,2-7H2,1H3/t8-,9-,10+/m1/s1. The van der Waals surface area contributed by atoms with Gasteiger partial charge in [0, 0.05) is 25.3 Å². The monoisotopic (exact) mass is 264 g/mol. The number of methoxy groups -OCH3 is 1. The number of hydrogen-bond acceptors (Lipinski definition) is 3. The van der Waals surface area contributed by atoms with Gasteiger partial charge in [-0.2, -0.15) is 0 Å². The summed E-state index contributed by atoms with van der Waals surface area (Å²) in [6, 6.07) is 0. The van der Waals surface area contributed by atoms with E-state index in [0.717, 1.165) is 31.0 Å². The number of halogens is 1. The second-order valence-corrected chi connectivity index (χ2v) is 4.94. The first-order chi connectivity index (χ1) is 6.66. The van der Waals surface area contributed by atoms with E-state index < -0.39 is 11.4 Å². The molecule has 2 rings (SSSR count). The van der Waals surface area contributed by atoms with Crippen molar-refractivity contribution in [2.75, 3.05) is 12.4 Å². The fourth-order valence-corrected chi connectivity index (χ4v) is 3.10. The van der Waals surface area contributed by atoms with Crippen molar-refractivity contribution in [1.82, 2.24) is 0 Å². The third-order valence-electron chi connectivity index (χ3n) is 3.54. The normalized spacial score (nSPS) is 47.8. The van der Waals surface area contributed by atoms with Crippen LogP contribution in [0.4, 0.5) is 0 Å². The Bertz CT molecular complexity index is 223. The first kappa shape index (κ1) is 10.9. The highest BCUT2D eigenvalue weighted by atomic mass is 79.9. The molecule has 0 bridgehead atoms. The Morgan fingerprint density at radius 3 is 2.79 bits per heavy atom. The van der Waals surface area contributed by atoms with Crippen molar-refractivity contribution < 1.29 is 14.6 Å². The van der Waals surface area contributed by atoms with Gasteiger partial charge in [-0.3, -0.25) is 0 Å². The van der Waals surface area contributed by atoms with Crippen molar-refractivity contribution in [3.8, 4) is 0 Å². The van der Waals surface area contributed by atoms with Crippen molar-refractivity contribution >= 4 is 15.9 Å². The Labute approximate surface area is 92.9 Å². The van der Waals surface area contributed by atoms with E-state index in [4.69, 9.17) is 9.47 Å².